The first-order chi connectivity index (χ1) is 13.1. The van der Waals surface area contributed by atoms with Crippen molar-refractivity contribution in [3.05, 3.63) is 71.5 Å². The number of nitrogens with one attached hydrogen (secondary N) is 1. The van der Waals surface area contributed by atoms with Crippen LogP contribution in [0.2, 0.25) is 0 Å². The van der Waals surface area contributed by atoms with Gasteiger partial charge in [-0.1, -0.05) is 0 Å². The summed E-state index contributed by atoms with van der Waals surface area (Å²) in [6, 6.07) is 13.7. The van der Waals surface area contributed by atoms with Crippen LogP contribution in [0.15, 0.2) is 54.9 Å². The van der Waals surface area contributed by atoms with E-state index in [-0.39, 0.29) is 5.91 Å². The van der Waals surface area contributed by atoms with Crippen LogP contribution in [0.1, 0.15) is 34.3 Å². The molecule has 0 atom stereocenters. The third kappa shape index (κ3) is 3.72. The number of carbonyl (C=O) groups is 1. The van der Waals surface area contributed by atoms with Gasteiger partial charge in [-0.25, -0.2) is 4.68 Å². The van der Waals surface area contributed by atoms with E-state index in [2.05, 4.69) is 27.4 Å². The molecule has 1 fully saturated rings. The average Bonchev–Trinajstić information content (AvgIpc) is 3.35. The van der Waals surface area contributed by atoms with E-state index in [1.54, 1.807) is 4.68 Å². The number of carbonyl (C=O) groups excluding carboxylic acids is 1. The van der Waals surface area contributed by atoms with E-state index >= 15 is 0 Å². The Hall–Kier alpha value is -3.08. The van der Waals surface area contributed by atoms with Crippen LogP contribution in [0.5, 0.6) is 0 Å². The number of amides is 1. The van der Waals surface area contributed by atoms with Crippen LogP contribution in [-0.2, 0) is 0 Å². The normalized spacial score (nSPS) is 13.8. The first-order valence-corrected chi connectivity index (χ1v) is 9.39. The SMILES string of the molecule is Cc1cnn(-c2ccc(C(=O)Nc3ccc(N4CCCC4)cc3C)cc2)c1. The molecule has 1 aromatic heterocycles. The zero-order chi connectivity index (χ0) is 18.8. The predicted octanol–water partition coefficient (Wildman–Crippen LogP) is 4.34. The molecule has 4 rings (SSSR count). The highest BCUT2D eigenvalue weighted by Crippen LogP contribution is 2.26. The van der Waals surface area contributed by atoms with Crippen LogP contribution < -0.4 is 10.2 Å². The molecule has 2 heterocycles. The van der Waals surface area contributed by atoms with Gasteiger partial charge in [-0.15, -0.1) is 0 Å². The Labute approximate surface area is 159 Å². The third-order valence-electron chi connectivity index (χ3n) is 5.04. The van der Waals surface area contributed by atoms with Crippen LogP contribution in [0, 0.1) is 13.8 Å². The molecule has 1 amide bonds. The standard InChI is InChI=1S/C22H24N4O/c1-16-14-23-26(15-16)19-7-5-18(6-8-19)22(27)24-21-10-9-20(13-17(21)2)25-11-3-4-12-25/h5-10,13-15H,3-4,11-12H2,1-2H3,(H,24,27). The van der Waals surface area contributed by atoms with Crippen molar-refractivity contribution in [3.8, 4) is 5.69 Å². The number of anilines is 2. The van der Waals surface area contributed by atoms with Gasteiger partial charge in [0.2, 0.25) is 0 Å². The average molecular weight is 360 g/mol. The molecule has 0 saturated carbocycles. The molecule has 27 heavy (non-hydrogen) atoms. The second-order valence-corrected chi connectivity index (χ2v) is 7.16. The topological polar surface area (TPSA) is 50.2 Å². The lowest BCUT2D eigenvalue weighted by Gasteiger charge is -2.19. The van der Waals surface area contributed by atoms with Crippen LogP contribution in [0.25, 0.3) is 5.69 Å². The molecule has 5 nitrogen and oxygen atoms in total. The van der Waals surface area contributed by atoms with E-state index < -0.39 is 0 Å². The van der Waals surface area contributed by atoms with Gasteiger partial charge in [0.15, 0.2) is 0 Å². The molecule has 0 unspecified atom stereocenters. The van der Waals surface area contributed by atoms with Gasteiger partial charge < -0.3 is 10.2 Å². The number of benzene rings is 2. The number of aryl methyl sites for hydroxylation is 2. The molecule has 0 aliphatic carbocycles. The molecule has 1 aliphatic heterocycles. The third-order valence-corrected chi connectivity index (χ3v) is 5.04. The summed E-state index contributed by atoms with van der Waals surface area (Å²) in [6.07, 6.45) is 6.28. The molecule has 1 aliphatic rings. The maximum absolute atomic E-state index is 12.6. The van der Waals surface area contributed by atoms with Crippen molar-refractivity contribution in [1.82, 2.24) is 9.78 Å². The Morgan fingerprint density at radius 2 is 1.70 bits per heavy atom. The minimum atomic E-state index is -0.102. The molecule has 2 aromatic carbocycles. The van der Waals surface area contributed by atoms with E-state index in [9.17, 15) is 4.79 Å². The fourth-order valence-corrected chi connectivity index (χ4v) is 3.47. The summed E-state index contributed by atoms with van der Waals surface area (Å²) in [4.78, 5) is 15.0. The van der Waals surface area contributed by atoms with E-state index in [4.69, 9.17) is 0 Å². The van der Waals surface area contributed by atoms with Crippen LogP contribution in [0.4, 0.5) is 11.4 Å². The van der Waals surface area contributed by atoms with Gasteiger partial charge >= 0.3 is 0 Å². The summed E-state index contributed by atoms with van der Waals surface area (Å²) in [6.45, 7) is 6.28. The van der Waals surface area contributed by atoms with Gasteiger partial charge in [-0.2, -0.15) is 5.10 Å². The number of nitrogens with zero attached hydrogens (tertiary/aromatic N) is 3. The highest BCUT2D eigenvalue weighted by molar-refractivity contribution is 6.04. The first-order valence-electron chi connectivity index (χ1n) is 9.39. The van der Waals surface area contributed by atoms with Crippen molar-refractivity contribution in [2.75, 3.05) is 23.3 Å². The van der Waals surface area contributed by atoms with Crippen molar-refractivity contribution in [1.29, 1.82) is 0 Å². The molecule has 0 radical (unpaired) electrons. The molecule has 1 saturated heterocycles. The number of hydrogen-bond acceptors (Lipinski definition) is 3. The van der Waals surface area contributed by atoms with E-state index in [1.807, 2.05) is 56.6 Å². The molecule has 0 bridgehead atoms. The van der Waals surface area contributed by atoms with Gasteiger partial charge in [-0.3, -0.25) is 4.79 Å². The Morgan fingerprint density at radius 3 is 2.33 bits per heavy atom. The molecule has 3 aromatic rings. The minimum absolute atomic E-state index is 0.102. The fraction of sp³-hybridized carbons (Fsp3) is 0.273. The highest BCUT2D eigenvalue weighted by atomic mass is 16.1. The van der Waals surface area contributed by atoms with Crippen molar-refractivity contribution in [3.63, 3.8) is 0 Å². The minimum Gasteiger partial charge on any atom is -0.372 e. The zero-order valence-corrected chi connectivity index (χ0v) is 15.8. The Kier molecular flexibility index (Phi) is 4.67. The van der Waals surface area contributed by atoms with Crippen LogP contribution in [-0.4, -0.2) is 28.8 Å². The highest BCUT2D eigenvalue weighted by Gasteiger charge is 2.14. The summed E-state index contributed by atoms with van der Waals surface area (Å²) in [5.74, 6) is -0.102. The summed E-state index contributed by atoms with van der Waals surface area (Å²) >= 11 is 0. The second kappa shape index (κ2) is 7.27. The quantitative estimate of drug-likeness (QED) is 0.753. The van der Waals surface area contributed by atoms with Crippen LogP contribution >= 0.6 is 0 Å². The lowest BCUT2D eigenvalue weighted by Crippen LogP contribution is -2.18. The molecule has 138 valence electrons. The zero-order valence-electron chi connectivity index (χ0n) is 15.8. The molecular weight excluding hydrogens is 336 g/mol. The van der Waals surface area contributed by atoms with Gasteiger partial charge in [0, 0.05) is 36.2 Å². The van der Waals surface area contributed by atoms with Crippen LogP contribution in [0.3, 0.4) is 0 Å². The molecule has 0 spiro atoms. The lowest BCUT2D eigenvalue weighted by molar-refractivity contribution is 0.102. The van der Waals surface area contributed by atoms with Gasteiger partial charge in [0.1, 0.15) is 0 Å². The van der Waals surface area contributed by atoms with Crippen molar-refractivity contribution in [2.24, 2.45) is 0 Å². The molecule has 1 N–H and O–H groups in total. The van der Waals surface area contributed by atoms with E-state index in [0.717, 1.165) is 35.6 Å². The number of aromatic nitrogens is 2. The summed E-state index contributed by atoms with van der Waals surface area (Å²) < 4.78 is 1.80. The van der Waals surface area contributed by atoms with Crippen molar-refractivity contribution < 1.29 is 4.79 Å². The van der Waals surface area contributed by atoms with Gasteiger partial charge in [-0.05, 0) is 80.3 Å². The smallest absolute Gasteiger partial charge is 0.255 e. The van der Waals surface area contributed by atoms with E-state index in [0.29, 0.717) is 5.56 Å². The summed E-state index contributed by atoms with van der Waals surface area (Å²) in [5, 5.41) is 7.32. The monoisotopic (exact) mass is 360 g/mol. The number of rotatable bonds is 4. The second-order valence-electron chi connectivity index (χ2n) is 7.16. The van der Waals surface area contributed by atoms with Gasteiger partial charge in [0.25, 0.3) is 5.91 Å². The largest absolute Gasteiger partial charge is 0.372 e. The summed E-state index contributed by atoms with van der Waals surface area (Å²) in [7, 11) is 0. The lowest BCUT2D eigenvalue weighted by atomic mass is 10.1. The number of hydrogen-bond donors (Lipinski definition) is 1. The summed E-state index contributed by atoms with van der Waals surface area (Å²) in [5.41, 5.74) is 5.84. The molecular formula is C22H24N4O. The van der Waals surface area contributed by atoms with Crippen molar-refractivity contribution >= 4 is 17.3 Å². The fourth-order valence-electron chi connectivity index (χ4n) is 3.47. The predicted molar refractivity (Wildman–Crippen MR) is 109 cm³/mol. The Morgan fingerprint density at radius 1 is 1.00 bits per heavy atom. The first kappa shape index (κ1) is 17.3. The maximum atomic E-state index is 12.6. The maximum Gasteiger partial charge on any atom is 0.255 e. The van der Waals surface area contributed by atoms with E-state index in [1.165, 1.54) is 18.5 Å². The Balaban J connectivity index is 1.47. The van der Waals surface area contributed by atoms with Gasteiger partial charge in [0.05, 0.1) is 11.9 Å². The Bertz CT molecular complexity index is 953. The van der Waals surface area contributed by atoms with Crippen molar-refractivity contribution in [2.45, 2.75) is 26.7 Å². The molecule has 5 heteroatoms.